The van der Waals surface area contributed by atoms with E-state index in [2.05, 4.69) is 5.32 Å². The normalized spacial score (nSPS) is 33.6. The number of nitrogens with one attached hydrogen (secondary N) is 1. The van der Waals surface area contributed by atoms with Crippen LogP contribution in [0.5, 0.6) is 0 Å². The highest BCUT2D eigenvalue weighted by atomic mass is 19.4. The first-order chi connectivity index (χ1) is 14.4. The van der Waals surface area contributed by atoms with E-state index >= 15 is 0 Å². The molecule has 30 heavy (non-hydrogen) atoms. The fourth-order valence-electron chi connectivity index (χ4n) is 6.00. The Morgan fingerprint density at radius 2 is 1.83 bits per heavy atom. The molecule has 2 saturated carbocycles. The number of carbonyl (C=O) groups excluding carboxylic acids is 1. The van der Waals surface area contributed by atoms with Gasteiger partial charge in [0.25, 0.3) is 0 Å². The van der Waals surface area contributed by atoms with Gasteiger partial charge < -0.3 is 15.0 Å². The topological polar surface area (TPSA) is 41.6 Å². The molecule has 4 atom stereocenters. The number of rotatable bonds is 3. The molecule has 2 aliphatic carbocycles. The van der Waals surface area contributed by atoms with Crippen LogP contribution in [0.15, 0.2) is 18.2 Å². The molecule has 0 spiro atoms. The number of ether oxygens (including phenoxy) is 1. The lowest BCUT2D eigenvalue weighted by molar-refractivity contribution is -0.137. The van der Waals surface area contributed by atoms with Crippen LogP contribution >= 0.6 is 0 Å². The molecule has 4 aliphatic rings. The van der Waals surface area contributed by atoms with Crippen molar-refractivity contribution in [1.29, 1.82) is 0 Å². The molecule has 0 radical (unpaired) electrons. The Morgan fingerprint density at radius 1 is 1.07 bits per heavy atom. The molecule has 3 unspecified atom stereocenters. The lowest BCUT2D eigenvalue weighted by Gasteiger charge is -2.34. The molecule has 5 rings (SSSR count). The lowest BCUT2D eigenvalue weighted by Crippen LogP contribution is -2.48. The zero-order chi connectivity index (χ0) is 20.9. The van der Waals surface area contributed by atoms with Gasteiger partial charge in [-0.2, -0.15) is 13.2 Å². The van der Waals surface area contributed by atoms with Crippen molar-refractivity contribution in [1.82, 2.24) is 10.2 Å². The lowest BCUT2D eigenvalue weighted by atomic mass is 9.94. The minimum Gasteiger partial charge on any atom is -0.381 e. The zero-order valence-electron chi connectivity index (χ0n) is 17.1. The molecule has 1 saturated heterocycles. The number of hydrogen-bond acceptors (Lipinski definition) is 3. The van der Waals surface area contributed by atoms with Crippen LogP contribution < -0.4 is 5.32 Å². The number of amides is 1. The van der Waals surface area contributed by atoms with Crippen LogP contribution in [0.4, 0.5) is 13.2 Å². The summed E-state index contributed by atoms with van der Waals surface area (Å²) >= 11 is 0. The number of hydrogen-bond donors (Lipinski definition) is 1. The molecular formula is C23H29F3N2O2. The van der Waals surface area contributed by atoms with Gasteiger partial charge in [-0.25, -0.2) is 0 Å². The van der Waals surface area contributed by atoms with E-state index in [1.807, 2.05) is 0 Å². The van der Waals surface area contributed by atoms with E-state index in [4.69, 9.17) is 4.74 Å². The first-order valence-electron chi connectivity index (χ1n) is 11.2. The van der Waals surface area contributed by atoms with E-state index in [0.717, 1.165) is 44.1 Å². The molecule has 2 aliphatic heterocycles. The molecule has 2 heterocycles. The zero-order valence-corrected chi connectivity index (χ0v) is 17.1. The summed E-state index contributed by atoms with van der Waals surface area (Å²) in [7, 11) is 0. The summed E-state index contributed by atoms with van der Waals surface area (Å²) < 4.78 is 44.9. The second-order valence-electron chi connectivity index (χ2n) is 9.53. The predicted octanol–water partition coefficient (Wildman–Crippen LogP) is 3.77. The first-order valence-corrected chi connectivity index (χ1v) is 11.2. The van der Waals surface area contributed by atoms with E-state index in [0.29, 0.717) is 42.4 Å². The number of halogens is 3. The third kappa shape index (κ3) is 3.86. The fraction of sp³-hybridized carbons (Fsp3) is 0.696. The summed E-state index contributed by atoms with van der Waals surface area (Å²) in [5, 5.41) is 3.83. The van der Waals surface area contributed by atoms with Crippen LogP contribution in [0.25, 0.3) is 0 Å². The Bertz CT molecular complexity index is 796. The van der Waals surface area contributed by atoms with Gasteiger partial charge in [0.1, 0.15) is 0 Å². The van der Waals surface area contributed by atoms with E-state index in [1.165, 1.54) is 18.9 Å². The van der Waals surface area contributed by atoms with Gasteiger partial charge in [-0.15, -0.1) is 0 Å². The van der Waals surface area contributed by atoms with E-state index in [1.54, 1.807) is 11.0 Å². The van der Waals surface area contributed by atoms with Crippen molar-refractivity contribution in [3.8, 4) is 0 Å². The highest BCUT2D eigenvalue weighted by molar-refractivity contribution is 5.79. The molecular weight excluding hydrogens is 393 g/mol. The minimum atomic E-state index is -4.35. The highest BCUT2D eigenvalue weighted by Crippen LogP contribution is 2.38. The van der Waals surface area contributed by atoms with Crippen LogP contribution in [0.3, 0.4) is 0 Å². The number of nitrogens with zero attached hydrogens (tertiary/aromatic N) is 1. The Kier molecular flexibility index (Phi) is 5.30. The van der Waals surface area contributed by atoms with Crippen molar-refractivity contribution in [2.75, 3.05) is 19.8 Å². The van der Waals surface area contributed by atoms with E-state index in [9.17, 15) is 18.0 Å². The van der Waals surface area contributed by atoms with Gasteiger partial charge in [-0.3, -0.25) is 4.79 Å². The highest BCUT2D eigenvalue weighted by Gasteiger charge is 2.42. The van der Waals surface area contributed by atoms with E-state index in [-0.39, 0.29) is 18.4 Å². The average molecular weight is 422 g/mol. The van der Waals surface area contributed by atoms with Crippen LogP contribution in [-0.2, 0) is 28.7 Å². The van der Waals surface area contributed by atoms with Crippen molar-refractivity contribution < 1.29 is 22.7 Å². The summed E-state index contributed by atoms with van der Waals surface area (Å²) in [6, 6.07) is 4.80. The molecule has 4 nitrogen and oxygen atoms in total. The second-order valence-corrected chi connectivity index (χ2v) is 9.53. The maximum Gasteiger partial charge on any atom is 0.416 e. The van der Waals surface area contributed by atoms with Crippen LogP contribution in [0, 0.1) is 17.8 Å². The fourth-order valence-corrected chi connectivity index (χ4v) is 6.00. The number of fused-ring (bicyclic) bond motifs is 3. The van der Waals surface area contributed by atoms with Crippen LogP contribution in [0.2, 0.25) is 0 Å². The number of carbonyl (C=O) groups is 1. The van der Waals surface area contributed by atoms with Gasteiger partial charge in [0, 0.05) is 31.1 Å². The monoisotopic (exact) mass is 422 g/mol. The van der Waals surface area contributed by atoms with Gasteiger partial charge >= 0.3 is 6.18 Å². The number of benzene rings is 1. The predicted molar refractivity (Wildman–Crippen MR) is 106 cm³/mol. The molecule has 164 valence electrons. The van der Waals surface area contributed by atoms with Gasteiger partial charge in [0.05, 0.1) is 18.8 Å². The number of alkyl halides is 3. The van der Waals surface area contributed by atoms with Crippen molar-refractivity contribution in [2.45, 2.75) is 63.3 Å². The summed E-state index contributed by atoms with van der Waals surface area (Å²) in [5.74, 6) is 1.28. The summed E-state index contributed by atoms with van der Waals surface area (Å²) in [6.07, 6.45) is 1.42. The molecule has 7 heteroatoms. The largest absolute Gasteiger partial charge is 0.416 e. The standard InChI is InChI=1S/C23H29F3N2O2/c24-23(25,26)19-5-3-14-7-8-28(11-18(14)9-19)22(29)15-4-6-20(10-15)27-21-16-1-2-17(21)13-30-12-16/h3,5,9,15-17,20-21,27H,1-2,4,6-8,10-13H2/t15?,16?,17?,20-,21?/m1/s1. The SMILES string of the molecule is O=C(C1CC[C@@H](NC2C3CCC2COC3)C1)N1CCc2ccc(C(F)(F)F)cc2C1. The van der Waals surface area contributed by atoms with Crippen molar-refractivity contribution in [3.63, 3.8) is 0 Å². The smallest absolute Gasteiger partial charge is 0.381 e. The Hall–Kier alpha value is -1.60. The maximum atomic E-state index is 13.1. The summed E-state index contributed by atoms with van der Waals surface area (Å²) in [6.45, 7) is 2.57. The summed E-state index contributed by atoms with van der Waals surface area (Å²) in [4.78, 5) is 14.9. The molecule has 1 N–H and O–H groups in total. The maximum absolute atomic E-state index is 13.1. The van der Waals surface area contributed by atoms with Crippen molar-refractivity contribution >= 4 is 5.91 Å². The van der Waals surface area contributed by atoms with Crippen molar-refractivity contribution in [2.24, 2.45) is 17.8 Å². The Labute approximate surface area is 175 Å². The third-order valence-electron chi connectivity index (χ3n) is 7.66. The van der Waals surface area contributed by atoms with Crippen molar-refractivity contribution in [3.05, 3.63) is 34.9 Å². The quantitative estimate of drug-likeness (QED) is 0.806. The molecule has 1 aromatic carbocycles. The molecule has 2 bridgehead atoms. The molecule has 1 aromatic rings. The Balaban J connectivity index is 1.20. The van der Waals surface area contributed by atoms with Gasteiger partial charge in [-0.05, 0) is 73.6 Å². The first kappa shape index (κ1) is 20.3. The van der Waals surface area contributed by atoms with E-state index < -0.39 is 11.7 Å². The summed E-state index contributed by atoms with van der Waals surface area (Å²) in [5.41, 5.74) is 0.927. The average Bonchev–Trinajstić information content (AvgIpc) is 3.26. The Morgan fingerprint density at radius 3 is 2.57 bits per heavy atom. The van der Waals surface area contributed by atoms with Crippen LogP contribution in [-0.4, -0.2) is 42.6 Å². The van der Waals surface area contributed by atoms with Gasteiger partial charge in [-0.1, -0.05) is 6.07 Å². The van der Waals surface area contributed by atoms with Gasteiger partial charge in [0.2, 0.25) is 5.91 Å². The van der Waals surface area contributed by atoms with Crippen LogP contribution in [0.1, 0.15) is 48.8 Å². The second kappa shape index (κ2) is 7.83. The molecule has 1 amide bonds. The molecule has 0 aromatic heterocycles. The van der Waals surface area contributed by atoms with Gasteiger partial charge in [0.15, 0.2) is 0 Å². The molecule has 3 fully saturated rings. The third-order valence-corrected chi connectivity index (χ3v) is 7.66. The minimum absolute atomic E-state index is 0.0210.